The molecule has 0 radical (unpaired) electrons. The van der Waals surface area contributed by atoms with Gasteiger partial charge in [0.1, 0.15) is 0 Å². The molecule has 13 nitrogen and oxygen atoms in total. The van der Waals surface area contributed by atoms with Crippen molar-refractivity contribution < 1.29 is 84.0 Å². The normalized spacial score (nSPS) is 19.7. The van der Waals surface area contributed by atoms with Crippen LogP contribution < -0.4 is 75.3 Å². The van der Waals surface area contributed by atoms with E-state index in [9.17, 15) is 24.3 Å². The predicted molar refractivity (Wildman–Crippen MR) is 254 cm³/mol. The van der Waals surface area contributed by atoms with Crippen LogP contribution in [0.3, 0.4) is 0 Å². The molecule has 8 rings (SSSR count). The molecule has 356 valence electrons. The fraction of sp³-hybridized carbons (Fsp3) is 0.654. The van der Waals surface area contributed by atoms with Crippen LogP contribution in [0.1, 0.15) is 195 Å². The smallest absolute Gasteiger partial charge is 0.870 e. The molecule has 1 N–H and O–H groups in total. The largest absolute Gasteiger partial charge is 1.00 e. The second-order valence-corrected chi connectivity index (χ2v) is 19.2. The molecular formula is C52H74N6Na2O7. The predicted octanol–water partition coefficient (Wildman–Crippen LogP) is 3.00. The molecule has 4 aliphatic rings. The molecule has 67 heavy (non-hydrogen) atoms. The number of hydrogen-bond acceptors (Lipinski definition) is 11. The Morgan fingerprint density at radius 3 is 1.33 bits per heavy atom. The molecule has 4 heterocycles. The first-order valence-electron chi connectivity index (χ1n) is 25.1. The average Bonchev–Trinajstić information content (AvgIpc) is 3.28. The minimum Gasteiger partial charge on any atom is -0.870 e. The number of esters is 1. The van der Waals surface area contributed by atoms with Crippen molar-refractivity contribution in [2.45, 2.75) is 185 Å². The minimum atomic E-state index is -1.50. The van der Waals surface area contributed by atoms with Crippen molar-refractivity contribution in [2.75, 3.05) is 32.8 Å². The molecular weight excluding hydrogens is 867 g/mol. The second-order valence-electron chi connectivity index (χ2n) is 19.2. The number of aromatic nitrogens is 4. The van der Waals surface area contributed by atoms with E-state index in [1.165, 1.54) is 116 Å². The van der Waals surface area contributed by atoms with Gasteiger partial charge in [-0.3, -0.25) is 19.4 Å². The maximum Gasteiger partial charge on any atom is 1.00 e. The number of likely N-dealkylation sites (tertiary alicyclic amines) is 2. The number of ether oxygens (including phenoxy) is 1. The summed E-state index contributed by atoms with van der Waals surface area (Å²) in [7, 11) is 0. The number of fused-ring (bicyclic) bond motifs is 2. The summed E-state index contributed by atoms with van der Waals surface area (Å²) in [5.74, 6) is -2.13. The molecule has 2 aliphatic heterocycles. The number of carboxylic acid groups (broad SMARTS) is 1. The Balaban J connectivity index is 0.000000280. The van der Waals surface area contributed by atoms with Crippen LogP contribution in [0.2, 0.25) is 0 Å². The Labute approximate surface area is 442 Å². The van der Waals surface area contributed by atoms with Gasteiger partial charge < -0.3 is 29.2 Å². The summed E-state index contributed by atoms with van der Waals surface area (Å²) in [6.07, 6.45) is 27.0. The zero-order valence-corrected chi connectivity index (χ0v) is 45.4. The van der Waals surface area contributed by atoms with Gasteiger partial charge in [0.25, 0.3) is 11.1 Å². The first kappa shape index (κ1) is 57.1. The Bertz CT molecular complexity index is 2310. The van der Waals surface area contributed by atoms with E-state index in [1.54, 1.807) is 17.6 Å². The molecule has 4 aromatic rings. The number of rotatable bonds is 11. The van der Waals surface area contributed by atoms with E-state index in [2.05, 4.69) is 33.6 Å². The van der Waals surface area contributed by atoms with E-state index in [0.29, 0.717) is 27.6 Å². The standard InChI is InChI=1S/C27H39N3O3.C25H35N3O3.2Na.H2O/c1-3-16-27(17-10-6-5-7-11-18-27)29-19-14-21(15-20-29)30-23-13-9-8-12-22(23)28-24(25(30)31)26(32)33-4-2;1-2-14-25(15-8-4-3-5-9-16-25)27-17-12-19(13-18-27)28-21-11-7-6-10-20(21)26-22(23(28)29)24(30)31;;;/h8-9,12-13,21H,3-7,10-11,14-20H2,1-2H3;6-7,10-11,19H,2-5,8-9,12-18H2,1H3,(H,30,31);;;1H2/q;;2*+1;/p-2. The van der Waals surface area contributed by atoms with Crippen molar-refractivity contribution in [3.63, 3.8) is 0 Å². The number of hydrogen-bond donors (Lipinski definition) is 0. The van der Waals surface area contributed by atoms with E-state index >= 15 is 0 Å². The van der Waals surface area contributed by atoms with Gasteiger partial charge in [-0.15, -0.1) is 0 Å². The maximum atomic E-state index is 13.4. The fourth-order valence-electron chi connectivity index (χ4n) is 12.2. The molecule has 0 amide bonds. The van der Waals surface area contributed by atoms with Gasteiger partial charge in [-0.2, -0.15) is 0 Å². The number of piperidine rings is 2. The fourth-order valence-corrected chi connectivity index (χ4v) is 12.2. The van der Waals surface area contributed by atoms with Gasteiger partial charge >= 0.3 is 65.1 Å². The van der Waals surface area contributed by atoms with Crippen molar-refractivity contribution in [1.82, 2.24) is 28.9 Å². The first-order chi connectivity index (χ1) is 31.1. The summed E-state index contributed by atoms with van der Waals surface area (Å²) in [5.41, 5.74) is 1.91. The Morgan fingerprint density at radius 2 is 0.955 bits per heavy atom. The van der Waals surface area contributed by atoms with Crippen LogP contribution in [-0.2, 0) is 4.74 Å². The number of carboxylic acids is 1. The van der Waals surface area contributed by atoms with Crippen molar-refractivity contribution >= 4 is 34.0 Å². The monoisotopic (exact) mass is 941 g/mol. The van der Waals surface area contributed by atoms with Gasteiger partial charge in [0.05, 0.1) is 34.6 Å². The summed E-state index contributed by atoms with van der Waals surface area (Å²) in [4.78, 5) is 64.3. The maximum absolute atomic E-state index is 13.4. The van der Waals surface area contributed by atoms with Gasteiger partial charge in [-0.05, 0) is 95.4 Å². The van der Waals surface area contributed by atoms with Crippen LogP contribution in [0.15, 0.2) is 58.1 Å². The number of para-hydroxylation sites is 4. The van der Waals surface area contributed by atoms with Crippen LogP contribution in [0.5, 0.6) is 0 Å². The van der Waals surface area contributed by atoms with Gasteiger partial charge in [0.2, 0.25) is 5.69 Å². The van der Waals surface area contributed by atoms with Crippen molar-refractivity contribution in [1.29, 1.82) is 0 Å². The summed E-state index contributed by atoms with van der Waals surface area (Å²) < 4.78 is 8.64. The number of carbonyl (C=O) groups is 2. The zero-order valence-electron chi connectivity index (χ0n) is 41.4. The quantitative estimate of drug-likeness (QED) is 0.160. The summed E-state index contributed by atoms with van der Waals surface area (Å²) >= 11 is 0. The van der Waals surface area contributed by atoms with Crippen LogP contribution in [0, 0.1) is 0 Å². The van der Waals surface area contributed by atoms with E-state index in [-0.39, 0.29) is 94.5 Å². The van der Waals surface area contributed by atoms with E-state index < -0.39 is 23.2 Å². The van der Waals surface area contributed by atoms with Crippen molar-refractivity contribution in [2.24, 2.45) is 0 Å². The molecule has 2 aromatic heterocycles. The molecule has 2 aliphatic carbocycles. The molecule has 0 unspecified atom stereocenters. The van der Waals surface area contributed by atoms with Gasteiger partial charge in [0, 0.05) is 49.3 Å². The van der Waals surface area contributed by atoms with Gasteiger partial charge in [0.15, 0.2) is 5.69 Å². The third-order valence-electron chi connectivity index (χ3n) is 15.3. The summed E-state index contributed by atoms with van der Waals surface area (Å²) in [6.45, 7) is 10.5. The third-order valence-corrected chi connectivity index (χ3v) is 15.3. The number of nitrogens with zero attached hydrogens (tertiary/aromatic N) is 6. The second kappa shape index (κ2) is 27.2. The zero-order chi connectivity index (χ0) is 45.1. The van der Waals surface area contributed by atoms with Crippen LogP contribution in [0.25, 0.3) is 22.1 Å². The van der Waals surface area contributed by atoms with Crippen LogP contribution in [0.4, 0.5) is 0 Å². The summed E-state index contributed by atoms with van der Waals surface area (Å²) in [5, 5.41) is 11.5. The van der Waals surface area contributed by atoms with Gasteiger partial charge in [-0.1, -0.05) is 115 Å². The van der Waals surface area contributed by atoms with E-state index in [1.807, 2.05) is 47.0 Å². The molecule has 0 atom stereocenters. The SMILES string of the molecule is CCCC1(N2CCC(n3c(=O)c(C(=O)OCC)nc4ccccc43)CC2)CCCCCCC1.CCCC1(N2CCC(n3c(=O)c(C(=O)[O-])nc4ccccc43)CC2)CCCCCCC1.[Na+].[Na+].[OH-]. The minimum absolute atomic E-state index is 0. The molecule has 15 heteroatoms. The Kier molecular flexibility index (Phi) is 23.2. The van der Waals surface area contributed by atoms with E-state index in [0.717, 1.165) is 57.4 Å². The Morgan fingerprint density at radius 1 is 0.597 bits per heavy atom. The molecule has 0 bridgehead atoms. The molecule has 4 fully saturated rings. The summed E-state index contributed by atoms with van der Waals surface area (Å²) in [6, 6.07) is 15.0. The van der Waals surface area contributed by atoms with E-state index in [4.69, 9.17) is 4.74 Å². The Hall–Kier alpha value is -2.46. The number of aromatic carboxylic acids is 1. The molecule has 0 spiro atoms. The molecule has 2 saturated carbocycles. The van der Waals surface area contributed by atoms with Crippen molar-refractivity contribution in [3.05, 3.63) is 80.6 Å². The third kappa shape index (κ3) is 13.3. The topological polar surface area (TPSA) is 173 Å². The molecule has 2 aromatic carbocycles. The van der Waals surface area contributed by atoms with Crippen molar-refractivity contribution in [3.8, 4) is 0 Å². The van der Waals surface area contributed by atoms with Crippen LogP contribution >= 0.6 is 0 Å². The number of benzene rings is 2. The number of carbonyl (C=O) groups excluding carboxylic acids is 2. The average molecular weight is 941 g/mol. The molecule has 2 saturated heterocycles. The first-order valence-corrected chi connectivity index (χ1v) is 25.1. The van der Waals surface area contributed by atoms with Crippen LogP contribution in [-0.4, -0.2) is 90.2 Å². The van der Waals surface area contributed by atoms with Gasteiger partial charge in [-0.25, -0.2) is 14.8 Å².